The quantitative estimate of drug-likeness (QED) is 0.151. The van der Waals surface area contributed by atoms with Gasteiger partial charge >= 0.3 is 0 Å². The van der Waals surface area contributed by atoms with Crippen molar-refractivity contribution in [3.8, 4) is 55.6 Å². The van der Waals surface area contributed by atoms with E-state index >= 15 is 0 Å². The first-order valence-corrected chi connectivity index (χ1v) is 19.6. The van der Waals surface area contributed by atoms with Gasteiger partial charge in [0.1, 0.15) is 0 Å². The third kappa shape index (κ3) is 6.66. The summed E-state index contributed by atoms with van der Waals surface area (Å²) in [5, 5.41) is 5.00. The minimum Gasteiger partial charge on any atom is -0.311 e. The molecule has 0 bridgehead atoms. The van der Waals surface area contributed by atoms with Gasteiger partial charge in [-0.3, -0.25) is 0 Å². The SMILES string of the molecule is c1ccc(-c2cccc(-c3ccc(N(c4ccc(-c5ccc6ccccc6c5-c5ccccc5)cc4)c4ccc(-c5cccc6ccccc56)cc4)cc3)c2)cc1. The first kappa shape index (κ1) is 34.0. The first-order chi connectivity index (χ1) is 28.3. The van der Waals surface area contributed by atoms with Gasteiger partial charge in [0.2, 0.25) is 0 Å². The van der Waals surface area contributed by atoms with E-state index in [0.717, 1.165) is 17.1 Å². The Balaban J connectivity index is 1.05. The zero-order valence-corrected chi connectivity index (χ0v) is 31.5. The molecular weight excluding hydrogens is 687 g/mol. The molecule has 10 aromatic carbocycles. The molecule has 0 heterocycles. The molecular formula is C56H39N. The standard InChI is InChI=1S/C56H39N/c1-3-13-40(14-4-1)47-20-11-21-48(39-47)41-25-32-49(33-26-41)57(50-34-27-44(28-35-50)53-24-12-19-42-15-7-9-22-52(42)53)51-36-29-45(30-37-51)55-38-31-43-16-8-10-23-54(43)56(55)46-17-5-2-6-18-46/h1-39H. The summed E-state index contributed by atoms with van der Waals surface area (Å²) in [6.45, 7) is 0. The average molecular weight is 726 g/mol. The van der Waals surface area contributed by atoms with Crippen LogP contribution in [0.15, 0.2) is 237 Å². The monoisotopic (exact) mass is 725 g/mol. The Morgan fingerprint density at radius 1 is 0.228 bits per heavy atom. The normalized spacial score (nSPS) is 11.2. The number of benzene rings is 10. The first-order valence-electron chi connectivity index (χ1n) is 19.6. The van der Waals surface area contributed by atoms with Crippen LogP contribution in [0.2, 0.25) is 0 Å². The van der Waals surface area contributed by atoms with Gasteiger partial charge in [0.15, 0.2) is 0 Å². The van der Waals surface area contributed by atoms with Crippen molar-refractivity contribution < 1.29 is 0 Å². The van der Waals surface area contributed by atoms with Crippen molar-refractivity contribution in [2.45, 2.75) is 0 Å². The molecule has 1 heteroatoms. The van der Waals surface area contributed by atoms with Crippen molar-refractivity contribution in [1.29, 1.82) is 0 Å². The minimum absolute atomic E-state index is 1.09. The molecule has 57 heavy (non-hydrogen) atoms. The predicted molar refractivity (Wildman–Crippen MR) is 243 cm³/mol. The fourth-order valence-corrected chi connectivity index (χ4v) is 8.24. The molecule has 0 unspecified atom stereocenters. The maximum Gasteiger partial charge on any atom is 0.0462 e. The van der Waals surface area contributed by atoms with Crippen molar-refractivity contribution in [2.75, 3.05) is 4.90 Å². The fourth-order valence-electron chi connectivity index (χ4n) is 8.24. The van der Waals surface area contributed by atoms with Crippen LogP contribution < -0.4 is 4.90 Å². The van der Waals surface area contributed by atoms with Crippen molar-refractivity contribution in [2.24, 2.45) is 0 Å². The number of fused-ring (bicyclic) bond motifs is 2. The molecule has 0 fully saturated rings. The second-order valence-corrected chi connectivity index (χ2v) is 14.5. The summed E-state index contributed by atoms with van der Waals surface area (Å²) in [4.78, 5) is 2.36. The molecule has 0 radical (unpaired) electrons. The molecule has 0 aliphatic heterocycles. The Morgan fingerprint density at radius 3 is 1.26 bits per heavy atom. The van der Waals surface area contributed by atoms with Crippen LogP contribution in [0.5, 0.6) is 0 Å². The van der Waals surface area contributed by atoms with Gasteiger partial charge in [-0.05, 0) is 120 Å². The molecule has 268 valence electrons. The van der Waals surface area contributed by atoms with E-state index in [-0.39, 0.29) is 0 Å². The Hall–Kier alpha value is -7.48. The lowest BCUT2D eigenvalue weighted by atomic mass is 9.90. The third-order valence-corrected chi connectivity index (χ3v) is 11.1. The lowest BCUT2D eigenvalue weighted by Gasteiger charge is -2.26. The van der Waals surface area contributed by atoms with Crippen LogP contribution >= 0.6 is 0 Å². The zero-order valence-electron chi connectivity index (χ0n) is 31.5. The molecule has 10 aromatic rings. The Morgan fingerprint density at radius 2 is 0.649 bits per heavy atom. The second-order valence-electron chi connectivity index (χ2n) is 14.5. The van der Waals surface area contributed by atoms with E-state index in [2.05, 4.69) is 241 Å². The number of anilines is 3. The van der Waals surface area contributed by atoms with Crippen LogP contribution in [0.25, 0.3) is 77.2 Å². The summed E-state index contributed by atoms with van der Waals surface area (Å²) < 4.78 is 0. The highest BCUT2D eigenvalue weighted by molar-refractivity contribution is 6.04. The smallest absolute Gasteiger partial charge is 0.0462 e. The van der Waals surface area contributed by atoms with Gasteiger partial charge in [-0.1, -0.05) is 194 Å². The van der Waals surface area contributed by atoms with E-state index in [9.17, 15) is 0 Å². The largest absolute Gasteiger partial charge is 0.311 e. The number of hydrogen-bond donors (Lipinski definition) is 0. The van der Waals surface area contributed by atoms with Gasteiger partial charge in [0, 0.05) is 17.1 Å². The summed E-state index contributed by atoms with van der Waals surface area (Å²) in [6, 6.07) is 85.5. The highest BCUT2D eigenvalue weighted by Crippen LogP contribution is 2.42. The summed E-state index contributed by atoms with van der Waals surface area (Å²) in [7, 11) is 0. The molecule has 0 aliphatic carbocycles. The molecule has 0 atom stereocenters. The van der Waals surface area contributed by atoms with E-state index in [1.165, 1.54) is 77.2 Å². The van der Waals surface area contributed by atoms with Gasteiger partial charge in [0.25, 0.3) is 0 Å². The fraction of sp³-hybridized carbons (Fsp3) is 0. The average Bonchev–Trinajstić information content (AvgIpc) is 3.30. The van der Waals surface area contributed by atoms with Crippen molar-refractivity contribution in [3.05, 3.63) is 237 Å². The maximum atomic E-state index is 2.36. The van der Waals surface area contributed by atoms with Crippen molar-refractivity contribution >= 4 is 38.6 Å². The van der Waals surface area contributed by atoms with E-state index in [0.29, 0.717) is 0 Å². The second kappa shape index (κ2) is 15.0. The lowest BCUT2D eigenvalue weighted by Crippen LogP contribution is -2.09. The number of rotatable bonds is 8. The molecule has 0 aromatic heterocycles. The van der Waals surface area contributed by atoms with E-state index in [1.807, 2.05) is 0 Å². The van der Waals surface area contributed by atoms with Gasteiger partial charge in [-0.2, -0.15) is 0 Å². The molecule has 0 N–H and O–H groups in total. The van der Waals surface area contributed by atoms with Gasteiger partial charge < -0.3 is 4.90 Å². The molecule has 0 amide bonds. The Bertz CT molecular complexity index is 2960. The van der Waals surface area contributed by atoms with E-state index in [4.69, 9.17) is 0 Å². The van der Waals surface area contributed by atoms with Crippen LogP contribution in [0.3, 0.4) is 0 Å². The third-order valence-electron chi connectivity index (χ3n) is 11.1. The van der Waals surface area contributed by atoms with Gasteiger partial charge in [-0.25, -0.2) is 0 Å². The Kier molecular flexibility index (Phi) is 8.95. The molecule has 0 spiro atoms. The van der Waals surface area contributed by atoms with Crippen LogP contribution in [-0.2, 0) is 0 Å². The minimum atomic E-state index is 1.09. The van der Waals surface area contributed by atoms with Gasteiger partial charge in [-0.15, -0.1) is 0 Å². The topological polar surface area (TPSA) is 3.24 Å². The van der Waals surface area contributed by atoms with E-state index in [1.54, 1.807) is 0 Å². The van der Waals surface area contributed by atoms with Crippen LogP contribution in [0.1, 0.15) is 0 Å². The Labute approximate surface area is 334 Å². The van der Waals surface area contributed by atoms with Crippen molar-refractivity contribution in [1.82, 2.24) is 0 Å². The molecule has 0 aliphatic rings. The maximum absolute atomic E-state index is 2.36. The number of nitrogens with zero attached hydrogens (tertiary/aromatic N) is 1. The predicted octanol–water partition coefficient (Wildman–Crippen LogP) is 15.8. The zero-order chi connectivity index (χ0) is 38.0. The van der Waals surface area contributed by atoms with Gasteiger partial charge in [0.05, 0.1) is 0 Å². The summed E-state index contributed by atoms with van der Waals surface area (Å²) in [5.41, 5.74) is 15.4. The van der Waals surface area contributed by atoms with Crippen LogP contribution in [-0.4, -0.2) is 0 Å². The molecule has 0 saturated heterocycles. The molecule has 0 saturated carbocycles. The summed E-state index contributed by atoms with van der Waals surface area (Å²) >= 11 is 0. The molecule has 1 nitrogen and oxygen atoms in total. The highest BCUT2D eigenvalue weighted by Gasteiger charge is 2.16. The highest BCUT2D eigenvalue weighted by atomic mass is 15.1. The lowest BCUT2D eigenvalue weighted by molar-refractivity contribution is 1.28. The van der Waals surface area contributed by atoms with E-state index < -0.39 is 0 Å². The van der Waals surface area contributed by atoms with Crippen LogP contribution in [0, 0.1) is 0 Å². The van der Waals surface area contributed by atoms with Crippen molar-refractivity contribution in [3.63, 3.8) is 0 Å². The summed E-state index contributed by atoms with van der Waals surface area (Å²) in [6.07, 6.45) is 0. The number of hydrogen-bond acceptors (Lipinski definition) is 1. The summed E-state index contributed by atoms with van der Waals surface area (Å²) in [5.74, 6) is 0. The van der Waals surface area contributed by atoms with Crippen LogP contribution in [0.4, 0.5) is 17.1 Å². The molecule has 10 rings (SSSR count).